The topological polar surface area (TPSA) is 9.23 Å². The van der Waals surface area contributed by atoms with Crippen LogP contribution in [0.2, 0.25) is 0 Å². The van der Waals surface area contributed by atoms with E-state index < -0.39 is 0 Å². The smallest absolute Gasteiger partial charge is 0.105 e. The highest BCUT2D eigenvalue weighted by molar-refractivity contribution is 7.99. The molecule has 3 atom stereocenters. The average molecular weight is 287 g/mol. The van der Waals surface area contributed by atoms with Crippen molar-refractivity contribution in [2.45, 2.75) is 78.8 Å². The zero-order valence-corrected chi connectivity index (χ0v) is 14.6. The predicted molar refractivity (Wildman–Crippen MR) is 87.6 cm³/mol. The lowest BCUT2D eigenvalue weighted by atomic mass is 9.81. The fourth-order valence-corrected chi connectivity index (χ4v) is 4.23. The van der Waals surface area contributed by atoms with Gasteiger partial charge in [-0.1, -0.05) is 54.4 Å². The molecule has 1 aliphatic heterocycles. The maximum absolute atomic E-state index is 6.59. The molecule has 0 aromatic rings. The standard InChI is InChI=1S/C17H34OS/c1-12(2)15-10-8-7-9-11-19-17(14(5)6)18-16(15)13(3)4/h12-17H,7-11H2,1-6H3. The minimum absolute atomic E-state index is 0.381. The molecule has 1 fully saturated rings. The molecule has 0 aromatic heterocycles. The molecular weight excluding hydrogens is 252 g/mol. The van der Waals surface area contributed by atoms with Crippen molar-refractivity contribution in [3.05, 3.63) is 0 Å². The molecule has 3 unspecified atom stereocenters. The summed E-state index contributed by atoms with van der Waals surface area (Å²) in [5, 5.41) is 0. The summed E-state index contributed by atoms with van der Waals surface area (Å²) in [5.74, 6) is 3.94. The first-order valence-corrected chi connectivity index (χ1v) is 9.25. The summed E-state index contributed by atoms with van der Waals surface area (Å²) >= 11 is 2.04. The van der Waals surface area contributed by atoms with Gasteiger partial charge in [0.2, 0.25) is 0 Å². The summed E-state index contributed by atoms with van der Waals surface area (Å²) in [5.41, 5.74) is 0.381. The fourth-order valence-electron chi connectivity index (χ4n) is 3.03. The van der Waals surface area contributed by atoms with Gasteiger partial charge in [-0.2, -0.15) is 0 Å². The van der Waals surface area contributed by atoms with E-state index >= 15 is 0 Å². The molecule has 114 valence electrons. The number of rotatable bonds is 3. The van der Waals surface area contributed by atoms with Crippen LogP contribution in [0.1, 0.15) is 67.2 Å². The molecular formula is C17H34OS. The molecule has 0 saturated carbocycles. The van der Waals surface area contributed by atoms with Gasteiger partial charge in [0.05, 0.1) is 6.10 Å². The minimum Gasteiger partial charge on any atom is -0.364 e. The van der Waals surface area contributed by atoms with Crippen LogP contribution >= 0.6 is 11.8 Å². The minimum atomic E-state index is 0.381. The number of hydrogen-bond acceptors (Lipinski definition) is 2. The maximum Gasteiger partial charge on any atom is 0.105 e. The summed E-state index contributed by atoms with van der Waals surface area (Å²) in [6.45, 7) is 14.0. The monoisotopic (exact) mass is 286 g/mol. The van der Waals surface area contributed by atoms with Crippen LogP contribution in [0.25, 0.3) is 0 Å². The fraction of sp³-hybridized carbons (Fsp3) is 1.00. The van der Waals surface area contributed by atoms with Gasteiger partial charge >= 0.3 is 0 Å². The summed E-state index contributed by atoms with van der Waals surface area (Å²) in [4.78, 5) is 0. The third-order valence-corrected chi connectivity index (χ3v) is 5.74. The van der Waals surface area contributed by atoms with E-state index in [-0.39, 0.29) is 0 Å². The summed E-state index contributed by atoms with van der Waals surface area (Å²) < 4.78 is 6.59. The molecule has 1 rings (SSSR count). The van der Waals surface area contributed by atoms with Crippen molar-refractivity contribution in [2.24, 2.45) is 23.7 Å². The highest BCUT2D eigenvalue weighted by Crippen LogP contribution is 2.34. The molecule has 0 amide bonds. The van der Waals surface area contributed by atoms with Crippen molar-refractivity contribution in [1.29, 1.82) is 0 Å². The first-order chi connectivity index (χ1) is 8.93. The Morgan fingerprint density at radius 2 is 1.53 bits per heavy atom. The van der Waals surface area contributed by atoms with E-state index in [0.717, 1.165) is 11.8 Å². The van der Waals surface area contributed by atoms with E-state index in [1.807, 2.05) is 11.8 Å². The Morgan fingerprint density at radius 3 is 2.05 bits per heavy atom. The van der Waals surface area contributed by atoms with Crippen molar-refractivity contribution in [3.63, 3.8) is 0 Å². The highest BCUT2D eigenvalue weighted by Gasteiger charge is 2.31. The van der Waals surface area contributed by atoms with E-state index in [1.165, 1.54) is 31.4 Å². The van der Waals surface area contributed by atoms with Gasteiger partial charge in [-0.25, -0.2) is 0 Å². The Kier molecular flexibility index (Phi) is 7.83. The van der Waals surface area contributed by atoms with Crippen molar-refractivity contribution in [3.8, 4) is 0 Å². The van der Waals surface area contributed by atoms with E-state index in [1.54, 1.807) is 0 Å². The third-order valence-electron chi connectivity index (χ3n) is 4.23. The normalized spacial score (nSPS) is 31.1. The van der Waals surface area contributed by atoms with Crippen LogP contribution in [-0.2, 0) is 4.74 Å². The molecule has 2 heteroatoms. The third kappa shape index (κ3) is 5.67. The zero-order valence-electron chi connectivity index (χ0n) is 13.8. The lowest BCUT2D eigenvalue weighted by Gasteiger charge is -2.37. The van der Waals surface area contributed by atoms with E-state index in [2.05, 4.69) is 41.5 Å². The molecule has 1 saturated heterocycles. The van der Waals surface area contributed by atoms with Gasteiger partial charge in [0, 0.05) is 0 Å². The quantitative estimate of drug-likeness (QED) is 0.669. The van der Waals surface area contributed by atoms with Crippen molar-refractivity contribution >= 4 is 11.8 Å². The molecule has 1 heterocycles. The maximum atomic E-state index is 6.59. The summed E-state index contributed by atoms with van der Waals surface area (Å²) in [7, 11) is 0. The van der Waals surface area contributed by atoms with Crippen LogP contribution in [0.3, 0.4) is 0 Å². The van der Waals surface area contributed by atoms with E-state index in [9.17, 15) is 0 Å². The van der Waals surface area contributed by atoms with Gasteiger partial charge < -0.3 is 4.74 Å². The van der Waals surface area contributed by atoms with Gasteiger partial charge in [0.1, 0.15) is 5.44 Å². The van der Waals surface area contributed by atoms with Crippen LogP contribution in [-0.4, -0.2) is 17.3 Å². The lowest BCUT2D eigenvalue weighted by Crippen LogP contribution is -2.37. The second kappa shape index (κ2) is 8.56. The predicted octanol–water partition coefficient (Wildman–Crippen LogP) is 5.59. The molecule has 0 aromatic carbocycles. The molecule has 0 aliphatic carbocycles. The molecule has 1 aliphatic rings. The second-order valence-electron chi connectivity index (χ2n) is 7.09. The Hall–Kier alpha value is 0.310. The Labute approximate surface area is 125 Å². The SMILES string of the molecule is CC(C)C1OC(C(C)C)C(C(C)C)CCCCCS1. The van der Waals surface area contributed by atoms with Crippen LogP contribution in [0.5, 0.6) is 0 Å². The molecule has 0 radical (unpaired) electrons. The van der Waals surface area contributed by atoms with Gasteiger partial charge in [-0.15, -0.1) is 11.8 Å². The van der Waals surface area contributed by atoms with E-state index in [4.69, 9.17) is 4.74 Å². The highest BCUT2D eigenvalue weighted by atomic mass is 32.2. The van der Waals surface area contributed by atoms with Gasteiger partial charge in [-0.3, -0.25) is 0 Å². The molecule has 0 bridgehead atoms. The van der Waals surface area contributed by atoms with Crippen LogP contribution in [0.15, 0.2) is 0 Å². The average Bonchev–Trinajstić information content (AvgIpc) is 2.33. The Morgan fingerprint density at radius 1 is 0.842 bits per heavy atom. The largest absolute Gasteiger partial charge is 0.364 e. The van der Waals surface area contributed by atoms with Crippen LogP contribution in [0, 0.1) is 23.7 Å². The van der Waals surface area contributed by atoms with Crippen LogP contribution < -0.4 is 0 Å². The van der Waals surface area contributed by atoms with Crippen molar-refractivity contribution < 1.29 is 4.74 Å². The molecule has 19 heavy (non-hydrogen) atoms. The van der Waals surface area contributed by atoms with Crippen molar-refractivity contribution in [2.75, 3.05) is 5.75 Å². The number of ether oxygens (including phenoxy) is 1. The Bertz CT molecular complexity index is 237. The summed E-state index contributed by atoms with van der Waals surface area (Å²) in [6, 6.07) is 0. The first kappa shape index (κ1) is 17.4. The zero-order chi connectivity index (χ0) is 14.4. The molecule has 1 nitrogen and oxygen atoms in total. The number of hydrogen-bond donors (Lipinski definition) is 0. The van der Waals surface area contributed by atoms with Gasteiger partial charge in [-0.05, 0) is 42.3 Å². The molecule has 0 spiro atoms. The van der Waals surface area contributed by atoms with Crippen molar-refractivity contribution in [1.82, 2.24) is 0 Å². The molecule has 0 N–H and O–H groups in total. The first-order valence-electron chi connectivity index (χ1n) is 8.20. The summed E-state index contributed by atoms with van der Waals surface area (Å²) in [6.07, 6.45) is 5.90. The van der Waals surface area contributed by atoms with E-state index in [0.29, 0.717) is 23.4 Å². The van der Waals surface area contributed by atoms with Gasteiger partial charge in [0.15, 0.2) is 0 Å². The van der Waals surface area contributed by atoms with Gasteiger partial charge in [0.25, 0.3) is 0 Å². The second-order valence-corrected chi connectivity index (χ2v) is 8.29. The van der Waals surface area contributed by atoms with Crippen LogP contribution in [0.4, 0.5) is 0 Å². The number of thioether (sulfide) groups is 1. The Balaban J connectivity index is 2.83. The lowest BCUT2D eigenvalue weighted by molar-refractivity contribution is -0.0602.